The minimum atomic E-state index is -0.676. The second-order valence-corrected chi connectivity index (χ2v) is 6.99. The van der Waals surface area contributed by atoms with E-state index in [9.17, 15) is 15.2 Å². The standard InChI is InChI=1S/C23H20N8O4/c1-35-18-12-10-17(11-13-18)26-22-27-21(25-16-7-3-2-4-8-16)28-23(29-22)30-24-14-15-6-5-9-19(20(15)32)31(33)34/h2-14,32H,1H3,(H3,25,26,27,28,29,30). The molecule has 0 radical (unpaired) electrons. The van der Waals surface area contributed by atoms with Crippen LogP contribution in [0.25, 0.3) is 0 Å². The first-order valence-corrected chi connectivity index (χ1v) is 10.3. The number of benzene rings is 3. The van der Waals surface area contributed by atoms with Gasteiger partial charge in [0.05, 0.1) is 18.2 Å². The summed E-state index contributed by atoms with van der Waals surface area (Å²) in [5, 5.41) is 31.3. The summed E-state index contributed by atoms with van der Waals surface area (Å²) in [7, 11) is 1.59. The molecule has 0 bridgehead atoms. The molecular formula is C23H20N8O4. The number of aromatic nitrogens is 3. The fraction of sp³-hybridized carbons (Fsp3) is 0.0435. The number of aromatic hydroxyl groups is 1. The summed E-state index contributed by atoms with van der Waals surface area (Å²) in [6.07, 6.45) is 1.23. The van der Waals surface area contributed by atoms with E-state index in [1.165, 1.54) is 24.4 Å². The Hall–Kier alpha value is -5.26. The van der Waals surface area contributed by atoms with Crippen molar-refractivity contribution in [2.75, 3.05) is 23.2 Å². The number of methoxy groups -OCH3 is 1. The summed E-state index contributed by atoms with van der Waals surface area (Å²) in [6, 6.07) is 20.7. The molecule has 0 saturated heterocycles. The van der Waals surface area contributed by atoms with Crippen molar-refractivity contribution in [3.8, 4) is 11.5 Å². The molecule has 4 aromatic rings. The Balaban J connectivity index is 1.59. The van der Waals surface area contributed by atoms with Gasteiger partial charge in [-0.15, -0.1) is 0 Å². The van der Waals surface area contributed by atoms with Gasteiger partial charge in [-0.05, 0) is 42.5 Å². The molecular weight excluding hydrogens is 452 g/mol. The molecule has 0 atom stereocenters. The molecule has 0 saturated carbocycles. The van der Waals surface area contributed by atoms with E-state index >= 15 is 0 Å². The number of anilines is 5. The highest BCUT2D eigenvalue weighted by Gasteiger charge is 2.15. The average Bonchev–Trinajstić information content (AvgIpc) is 2.86. The Morgan fingerprint density at radius 2 is 1.51 bits per heavy atom. The summed E-state index contributed by atoms with van der Waals surface area (Å²) in [4.78, 5) is 23.4. The Morgan fingerprint density at radius 3 is 2.14 bits per heavy atom. The number of ether oxygens (including phenoxy) is 1. The summed E-state index contributed by atoms with van der Waals surface area (Å²) in [5.41, 5.74) is 3.89. The van der Waals surface area contributed by atoms with Crippen molar-refractivity contribution in [1.82, 2.24) is 15.0 Å². The lowest BCUT2D eigenvalue weighted by molar-refractivity contribution is -0.385. The zero-order valence-electron chi connectivity index (χ0n) is 18.4. The van der Waals surface area contributed by atoms with E-state index < -0.39 is 16.4 Å². The van der Waals surface area contributed by atoms with Crippen LogP contribution in [0.2, 0.25) is 0 Å². The number of nitrogens with one attached hydrogen (secondary N) is 3. The highest BCUT2D eigenvalue weighted by Crippen LogP contribution is 2.28. The van der Waals surface area contributed by atoms with Crippen LogP contribution in [-0.4, -0.2) is 38.3 Å². The molecule has 0 aliphatic rings. The van der Waals surface area contributed by atoms with Crippen LogP contribution in [0.4, 0.5) is 34.9 Å². The van der Waals surface area contributed by atoms with Crippen molar-refractivity contribution in [2.45, 2.75) is 0 Å². The van der Waals surface area contributed by atoms with Crippen molar-refractivity contribution >= 4 is 41.1 Å². The molecule has 1 aromatic heterocycles. The monoisotopic (exact) mass is 472 g/mol. The third-order valence-corrected chi connectivity index (χ3v) is 4.62. The quantitative estimate of drug-likeness (QED) is 0.156. The Kier molecular flexibility index (Phi) is 6.92. The van der Waals surface area contributed by atoms with Gasteiger partial charge in [0.2, 0.25) is 23.6 Å². The Labute approximate surface area is 199 Å². The summed E-state index contributed by atoms with van der Waals surface area (Å²) in [6.45, 7) is 0. The molecule has 35 heavy (non-hydrogen) atoms. The van der Waals surface area contributed by atoms with Crippen molar-refractivity contribution in [3.05, 3.63) is 88.5 Å². The minimum absolute atomic E-state index is 0.0932. The lowest BCUT2D eigenvalue weighted by atomic mass is 10.2. The third kappa shape index (κ3) is 5.96. The molecule has 12 nitrogen and oxygen atoms in total. The van der Waals surface area contributed by atoms with E-state index in [2.05, 4.69) is 36.1 Å². The van der Waals surface area contributed by atoms with E-state index in [-0.39, 0.29) is 23.4 Å². The molecule has 4 rings (SSSR count). The molecule has 0 amide bonds. The van der Waals surface area contributed by atoms with E-state index in [1.807, 2.05) is 42.5 Å². The largest absolute Gasteiger partial charge is 0.502 e. The number of rotatable bonds is 9. The second-order valence-electron chi connectivity index (χ2n) is 6.99. The van der Waals surface area contributed by atoms with Gasteiger partial charge in [-0.1, -0.05) is 24.3 Å². The van der Waals surface area contributed by atoms with Gasteiger partial charge in [-0.25, -0.2) is 5.43 Å². The minimum Gasteiger partial charge on any atom is -0.502 e. The normalized spacial score (nSPS) is 10.7. The lowest BCUT2D eigenvalue weighted by Crippen LogP contribution is -2.07. The fourth-order valence-corrected chi connectivity index (χ4v) is 2.95. The van der Waals surface area contributed by atoms with Gasteiger partial charge < -0.3 is 20.5 Å². The number of hydrogen-bond acceptors (Lipinski definition) is 11. The van der Waals surface area contributed by atoms with Crippen molar-refractivity contribution in [3.63, 3.8) is 0 Å². The molecule has 4 N–H and O–H groups in total. The molecule has 3 aromatic carbocycles. The van der Waals surface area contributed by atoms with E-state index in [0.29, 0.717) is 5.75 Å². The molecule has 176 valence electrons. The van der Waals surface area contributed by atoms with Gasteiger partial charge in [-0.2, -0.15) is 20.1 Å². The number of nitro benzene ring substituents is 1. The van der Waals surface area contributed by atoms with Gasteiger partial charge >= 0.3 is 5.69 Å². The molecule has 0 unspecified atom stereocenters. The smallest absolute Gasteiger partial charge is 0.311 e. The summed E-state index contributed by atoms with van der Waals surface area (Å²) < 4.78 is 5.17. The van der Waals surface area contributed by atoms with Crippen LogP contribution in [0, 0.1) is 10.1 Å². The fourth-order valence-electron chi connectivity index (χ4n) is 2.95. The number of hydrazone groups is 1. The number of phenols is 1. The van der Waals surface area contributed by atoms with Crippen LogP contribution in [0.1, 0.15) is 5.56 Å². The van der Waals surface area contributed by atoms with Gasteiger partial charge in [0.1, 0.15) is 5.75 Å². The van der Waals surface area contributed by atoms with E-state index in [4.69, 9.17) is 4.74 Å². The van der Waals surface area contributed by atoms with Crippen LogP contribution in [0.15, 0.2) is 77.9 Å². The first-order chi connectivity index (χ1) is 17.0. The first kappa shape index (κ1) is 22.9. The molecule has 1 heterocycles. The van der Waals surface area contributed by atoms with Crippen LogP contribution in [0.3, 0.4) is 0 Å². The number of nitro groups is 1. The van der Waals surface area contributed by atoms with Gasteiger partial charge in [-0.3, -0.25) is 10.1 Å². The molecule has 0 aliphatic carbocycles. The predicted molar refractivity (Wildman–Crippen MR) is 132 cm³/mol. The van der Waals surface area contributed by atoms with Crippen molar-refractivity contribution in [2.24, 2.45) is 5.10 Å². The van der Waals surface area contributed by atoms with Crippen molar-refractivity contribution < 1.29 is 14.8 Å². The second kappa shape index (κ2) is 10.6. The zero-order valence-corrected chi connectivity index (χ0v) is 18.4. The number of nitrogens with zero attached hydrogens (tertiary/aromatic N) is 5. The first-order valence-electron chi connectivity index (χ1n) is 10.3. The molecule has 0 aliphatic heterocycles. The SMILES string of the molecule is COc1ccc(Nc2nc(NN=Cc3cccc([N+](=O)[O-])c3O)nc(Nc3ccccc3)n2)cc1. The number of phenolic OH excluding ortho intramolecular Hbond substituents is 1. The number of para-hydroxylation sites is 2. The van der Waals surface area contributed by atoms with Crippen LogP contribution in [0.5, 0.6) is 11.5 Å². The Morgan fingerprint density at radius 1 is 0.886 bits per heavy atom. The van der Waals surface area contributed by atoms with Gasteiger partial charge in [0, 0.05) is 23.0 Å². The van der Waals surface area contributed by atoms with Gasteiger partial charge in [0.25, 0.3) is 0 Å². The summed E-state index contributed by atoms with van der Waals surface area (Å²) in [5.74, 6) is 0.791. The maximum absolute atomic E-state index is 11.0. The van der Waals surface area contributed by atoms with Gasteiger partial charge in [0.15, 0.2) is 0 Å². The highest BCUT2D eigenvalue weighted by atomic mass is 16.6. The van der Waals surface area contributed by atoms with Crippen LogP contribution in [-0.2, 0) is 0 Å². The highest BCUT2D eigenvalue weighted by molar-refractivity contribution is 5.86. The predicted octanol–water partition coefficient (Wildman–Crippen LogP) is 4.43. The van der Waals surface area contributed by atoms with E-state index in [1.54, 1.807) is 19.2 Å². The maximum Gasteiger partial charge on any atom is 0.311 e. The molecule has 0 spiro atoms. The third-order valence-electron chi connectivity index (χ3n) is 4.62. The zero-order chi connectivity index (χ0) is 24.6. The lowest BCUT2D eigenvalue weighted by Gasteiger charge is -2.10. The van der Waals surface area contributed by atoms with Crippen LogP contribution >= 0.6 is 0 Å². The molecule has 12 heteroatoms. The van der Waals surface area contributed by atoms with E-state index in [0.717, 1.165) is 11.4 Å². The van der Waals surface area contributed by atoms with Crippen molar-refractivity contribution in [1.29, 1.82) is 0 Å². The molecule has 0 fully saturated rings. The average molecular weight is 472 g/mol. The number of hydrogen-bond donors (Lipinski definition) is 4. The van der Waals surface area contributed by atoms with Crippen LogP contribution < -0.4 is 20.8 Å². The topological polar surface area (TPSA) is 160 Å². The Bertz CT molecular complexity index is 1350. The maximum atomic E-state index is 11.0. The summed E-state index contributed by atoms with van der Waals surface area (Å²) >= 11 is 0.